The summed E-state index contributed by atoms with van der Waals surface area (Å²) in [5, 5.41) is 8.91. The Kier molecular flexibility index (Phi) is 11.6. The first-order valence-electron chi connectivity index (χ1n) is 12.9. The average Bonchev–Trinajstić information content (AvgIpc) is 2.91. The van der Waals surface area contributed by atoms with Gasteiger partial charge in [-0.05, 0) is 85.0 Å². The van der Waals surface area contributed by atoms with E-state index < -0.39 is 5.97 Å². The Balaban J connectivity index is 1.17. The van der Waals surface area contributed by atoms with E-state index in [1.54, 1.807) is 24.3 Å². The van der Waals surface area contributed by atoms with Gasteiger partial charge in [0.25, 0.3) is 0 Å². The second-order valence-corrected chi connectivity index (χ2v) is 8.99. The fraction of sp³-hybridized carbons (Fsp3) is 0.355. The number of aromatic nitrogens is 1. The van der Waals surface area contributed by atoms with Gasteiger partial charge in [0.2, 0.25) is 0 Å². The maximum absolute atomic E-state index is 10.9. The third-order valence-corrected chi connectivity index (χ3v) is 6.08. The summed E-state index contributed by atoms with van der Waals surface area (Å²) in [6.45, 7) is 3.54. The van der Waals surface area contributed by atoms with Crippen LogP contribution in [0.5, 0.6) is 11.5 Å². The summed E-state index contributed by atoms with van der Waals surface area (Å²) < 4.78 is 11.6. The Morgan fingerprint density at radius 2 is 1.17 bits per heavy atom. The van der Waals surface area contributed by atoms with Crippen LogP contribution >= 0.6 is 0 Å². The molecule has 1 aromatic heterocycles. The first-order chi connectivity index (χ1) is 17.6. The number of benzene rings is 2. The number of aromatic carboxylic acids is 1. The molecule has 0 aliphatic rings. The van der Waals surface area contributed by atoms with Gasteiger partial charge in [-0.1, -0.05) is 56.7 Å². The van der Waals surface area contributed by atoms with Crippen LogP contribution in [-0.4, -0.2) is 29.3 Å². The van der Waals surface area contributed by atoms with E-state index in [1.165, 1.54) is 43.2 Å². The molecule has 0 saturated heterocycles. The highest BCUT2D eigenvalue weighted by Gasteiger charge is 2.02. The van der Waals surface area contributed by atoms with Crippen molar-refractivity contribution in [2.45, 2.75) is 58.3 Å². The van der Waals surface area contributed by atoms with Crippen molar-refractivity contribution in [2.75, 3.05) is 13.2 Å². The molecule has 0 amide bonds. The minimum absolute atomic E-state index is 0.281. The molecule has 190 valence electrons. The largest absolute Gasteiger partial charge is 0.494 e. The molecule has 1 heterocycles. The van der Waals surface area contributed by atoms with Crippen molar-refractivity contribution in [3.05, 3.63) is 89.7 Å². The second kappa shape index (κ2) is 15.4. The molecule has 0 spiro atoms. The van der Waals surface area contributed by atoms with Crippen molar-refractivity contribution < 1.29 is 19.4 Å². The number of rotatable bonds is 16. The van der Waals surface area contributed by atoms with E-state index in [1.807, 2.05) is 36.7 Å². The molecule has 36 heavy (non-hydrogen) atoms. The molecule has 0 unspecified atom stereocenters. The molecular formula is C31H37NO4. The molecule has 5 heteroatoms. The number of hydrogen-bond donors (Lipinski definition) is 1. The summed E-state index contributed by atoms with van der Waals surface area (Å²) in [4.78, 5) is 14.9. The first kappa shape index (κ1) is 27.0. The van der Waals surface area contributed by atoms with Crippen LogP contribution in [0.3, 0.4) is 0 Å². The molecule has 3 aromatic rings. The molecule has 0 bridgehead atoms. The maximum Gasteiger partial charge on any atom is 0.335 e. The van der Waals surface area contributed by atoms with E-state index in [-0.39, 0.29) is 5.56 Å². The van der Waals surface area contributed by atoms with Crippen LogP contribution in [0.1, 0.15) is 79.8 Å². The standard InChI is InChI=1S/C31H37NO4/c1-25(27-18-20-32-21-19-27)24-26-10-14-29(15-11-26)35-22-8-6-4-2-3-5-7-9-23-36-30-16-12-28(13-17-30)31(33)34/h10-21,24H,2-9,22-23H2,1H3,(H,33,34)/b25-24-. The normalized spacial score (nSPS) is 11.3. The van der Waals surface area contributed by atoms with E-state index in [4.69, 9.17) is 14.6 Å². The van der Waals surface area contributed by atoms with E-state index in [9.17, 15) is 4.79 Å². The Morgan fingerprint density at radius 1 is 0.694 bits per heavy atom. The van der Waals surface area contributed by atoms with Crippen molar-refractivity contribution in [1.29, 1.82) is 0 Å². The van der Waals surface area contributed by atoms with Gasteiger partial charge in [-0.15, -0.1) is 0 Å². The number of pyridine rings is 1. The molecule has 0 aliphatic carbocycles. The monoisotopic (exact) mass is 487 g/mol. The molecule has 3 rings (SSSR count). The third-order valence-electron chi connectivity index (χ3n) is 6.08. The molecule has 0 radical (unpaired) electrons. The van der Waals surface area contributed by atoms with Crippen LogP contribution in [0.25, 0.3) is 11.6 Å². The van der Waals surface area contributed by atoms with Gasteiger partial charge in [0.15, 0.2) is 0 Å². The summed E-state index contributed by atoms with van der Waals surface area (Å²) in [5.41, 5.74) is 3.84. The number of ether oxygens (including phenoxy) is 2. The molecule has 0 fully saturated rings. The number of carboxylic acid groups (broad SMARTS) is 1. The number of hydrogen-bond acceptors (Lipinski definition) is 4. The van der Waals surface area contributed by atoms with Gasteiger partial charge in [0.05, 0.1) is 18.8 Å². The van der Waals surface area contributed by atoms with Crippen LogP contribution in [0, 0.1) is 0 Å². The Hall–Kier alpha value is -3.60. The number of nitrogens with zero attached hydrogens (tertiary/aromatic N) is 1. The van der Waals surface area contributed by atoms with Crippen molar-refractivity contribution in [1.82, 2.24) is 4.98 Å². The van der Waals surface area contributed by atoms with E-state index >= 15 is 0 Å². The number of carbonyl (C=O) groups is 1. The number of carboxylic acids is 1. The molecule has 5 nitrogen and oxygen atoms in total. The SMILES string of the molecule is C/C(=C/c1ccc(OCCCCCCCCCCOc2ccc(C(=O)O)cc2)cc1)c1ccncc1. The maximum atomic E-state index is 10.9. The molecule has 1 N–H and O–H groups in total. The van der Waals surface area contributed by atoms with Crippen molar-refractivity contribution in [2.24, 2.45) is 0 Å². The summed E-state index contributed by atoms with van der Waals surface area (Å²) in [7, 11) is 0. The van der Waals surface area contributed by atoms with Gasteiger partial charge in [-0.2, -0.15) is 0 Å². The zero-order chi connectivity index (χ0) is 25.4. The lowest BCUT2D eigenvalue weighted by atomic mass is 10.1. The minimum atomic E-state index is -0.916. The highest BCUT2D eigenvalue weighted by atomic mass is 16.5. The average molecular weight is 488 g/mol. The minimum Gasteiger partial charge on any atom is -0.494 e. The number of unbranched alkanes of at least 4 members (excludes halogenated alkanes) is 7. The fourth-order valence-electron chi connectivity index (χ4n) is 3.95. The van der Waals surface area contributed by atoms with Crippen molar-refractivity contribution >= 4 is 17.6 Å². The van der Waals surface area contributed by atoms with E-state index in [2.05, 4.69) is 30.1 Å². The second-order valence-electron chi connectivity index (χ2n) is 8.99. The lowest BCUT2D eigenvalue weighted by Gasteiger charge is -2.08. The van der Waals surface area contributed by atoms with Crippen LogP contribution in [0.15, 0.2) is 73.1 Å². The summed E-state index contributed by atoms with van der Waals surface area (Å²) in [6.07, 6.45) is 15.2. The van der Waals surface area contributed by atoms with Gasteiger partial charge >= 0.3 is 5.97 Å². The van der Waals surface area contributed by atoms with Gasteiger partial charge < -0.3 is 14.6 Å². The van der Waals surface area contributed by atoms with E-state index in [0.29, 0.717) is 6.61 Å². The molecule has 0 aliphatic heterocycles. The van der Waals surface area contributed by atoms with Crippen LogP contribution in [0.2, 0.25) is 0 Å². The quantitative estimate of drug-likeness (QED) is 0.208. The zero-order valence-electron chi connectivity index (χ0n) is 21.2. The van der Waals surface area contributed by atoms with Crippen LogP contribution < -0.4 is 9.47 Å². The van der Waals surface area contributed by atoms with Crippen molar-refractivity contribution in [3.63, 3.8) is 0 Å². The predicted octanol–water partition coefficient (Wildman–Crippen LogP) is 7.92. The van der Waals surface area contributed by atoms with Crippen LogP contribution in [-0.2, 0) is 0 Å². The molecular weight excluding hydrogens is 450 g/mol. The van der Waals surface area contributed by atoms with E-state index in [0.717, 1.165) is 42.9 Å². The third kappa shape index (κ3) is 9.95. The Bertz CT molecular complexity index is 1060. The highest BCUT2D eigenvalue weighted by Crippen LogP contribution is 2.20. The molecule has 0 atom stereocenters. The van der Waals surface area contributed by atoms with Crippen LogP contribution in [0.4, 0.5) is 0 Å². The highest BCUT2D eigenvalue weighted by molar-refractivity contribution is 5.87. The van der Waals surface area contributed by atoms with Gasteiger partial charge in [0, 0.05) is 12.4 Å². The summed E-state index contributed by atoms with van der Waals surface area (Å²) >= 11 is 0. The van der Waals surface area contributed by atoms with Gasteiger partial charge in [-0.25, -0.2) is 4.79 Å². The smallest absolute Gasteiger partial charge is 0.335 e. The molecule has 0 saturated carbocycles. The number of allylic oxidation sites excluding steroid dienone is 1. The van der Waals surface area contributed by atoms with Crippen molar-refractivity contribution in [3.8, 4) is 11.5 Å². The van der Waals surface area contributed by atoms with Gasteiger partial charge in [0.1, 0.15) is 11.5 Å². The topological polar surface area (TPSA) is 68.7 Å². The fourth-order valence-corrected chi connectivity index (χ4v) is 3.95. The lowest BCUT2D eigenvalue weighted by molar-refractivity contribution is 0.0697. The summed E-state index contributed by atoms with van der Waals surface area (Å²) in [6, 6.07) is 18.9. The molecule has 2 aromatic carbocycles. The first-order valence-corrected chi connectivity index (χ1v) is 12.9. The summed E-state index contributed by atoms with van der Waals surface area (Å²) in [5.74, 6) is 0.736. The predicted molar refractivity (Wildman–Crippen MR) is 146 cm³/mol. The lowest BCUT2D eigenvalue weighted by Crippen LogP contribution is -1.99. The zero-order valence-corrected chi connectivity index (χ0v) is 21.2. The Morgan fingerprint density at radius 3 is 1.67 bits per heavy atom. The Labute approximate surface area is 214 Å². The van der Waals surface area contributed by atoms with Gasteiger partial charge in [-0.3, -0.25) is 4.98 Å².